The van der Waals surface area contributed by atoms with E-state index in [2.05, 4.69) is 50.4 Å². The number of hydrogen-bond donors (Lipinski definition) is 1. The highest BCUT2D eigenvalue weighted by Gasteiger charge is 2.21. The van der Waals surface area contributed by atoms with Crippen LogP contribution in [0.2, 0.25) is 0 Å². The van der Waals surface area contributed by atoms with Crippen molar-refractivity contribution in [1.82, 2.24) is 5.32 Å². The molecule has 1 aromatic carbocycles. The number of rotatable bonds is 5. The van der Waals surface area contributed by atoms with Crippen LogP contribution in [0, 0.1) is 5.41 Å². The van der Waals surface area contributed by atoms with E-state index in [-0.39, 0.29) is 5.91 Å². The van der Waals surface area contributed by atoms with Gasteiger partial charge < -0.3 is 10.2 Å². The van der Waals surface area contributed by atoms with Crippen molar-refractivity contribution in [3.63, 3.8) is 0 Å². The summed E-state index contributed by atoms with van der Waals surface area (Å²) in [5.41, 5.74) is 2.69. The molecule has 110 valence electrons. The highest BCUT2D eigenvalue weighted by Crippen LogP contribution is 2.21. The predicted octanol–water partition coefficient (Wildman–Crippen LogP) is 3.34. The molecule has 2 rings (SSSR count). The highest BCUT2D eigenvalue weighted by atomic mass is 16.2. The van der Waals surface area contributed by atoms with Crippen LogP contribution >= 0.6 is 0 Å². The lowest BCUT2D eigenvalue weighted by atomic mass is 9.92. The Balaban J connectivity index is 1.81. The summed E-state index contributed by atoms with van der Waals surface area (Å²) >= 11 is 0. The fraction of sp³-hybridized carbons (Fsp3) is 0.588. The number of carbonyl (C=O) groups is 1. The van der Waals surface area contributed by atoms with E-state index >= 15 is 0 Å². The average molecular weight is 274 g/mol. The van der Waals surface area contributed by atoms with Crippen molar-refractivity contribution in [2.24, 2.45) is 5.41 Å². The van der Waals surface area contributed by atoms with E-state index in [1.807, 2.05) is 4.90 Å². The van der Waals surface area contributed by atoms with Crippen molar-refractivity contribution >= 4 is 11.6 Å². The molecule has 0 unspecified atom stereocenters. The molecule has 1 saturated heterocycles. The fourth-order valence-electron chi connectivity index (χ4n) is 2.41. The van der Waals surface area contributed by atoms with Crippen LogP contribution in [0.25, 0.3) is 0 Å². The predicted molar refractivity (Wildman–Crippen MR) is 83.8 cm³/mol. The fourth-order valence-corrected chi connectivity index (χ4v) is 2.41. The Morgan fingerprint density at radius 2 is 1.90 bits per heavy atom. The molecule has 1 aromatic rings. The summed E-state index contributed by atoms with van der Waals surface area (Å²) < 4.78 is 0. The van der Waals surface area contributed by atoms with E-state index in [1.54, 1.807) is 0 Å². The summed E-state index contributed by atoms with van der Waals surface area (Å²) in [4.78, 5) is 13.6. The highest BCUT2D eigenvalue weighted by molar-refractivity contribution is 5.95. The molecule has 0 saturated carbocycles. The van der Waals surface area contributed by atoms with E-state index in [1.165, 1.54) is 12.0 Å². The first kappa shape index (κ1) is 15.0. The second kappa shape index (κ2) is 6.40. The lowest BCUT2D eigenvalue weighted by Gasteiger charge is -2.18. The molecular formula is C17H26N2O. The van der Waals surface area contributed by atoms with Gasteiger partial charge in [0.15, 0.2) is 0 Å². The summed E-state index contributed by atoms with van der Waals surface area (Å²) in [7, 11) is 0. The maximum atomic E-state index is 11.7. The van der Waals surface area contributed by atoms with Crippen molar-refractivity contribution in [2.75, 3.05) is 18.0 Å². The van der Waals surface area contributed by atoms with E-state index in [0.29, 0.717) is 11.8 Å². The van der Waals surface area contributed by atoms with E-state index in [4.69, 9.17) is 0 Å². The number of anilines is 1. The maximum Gasteiger partial charge on any atom is 0.227 e. The van der Waals surface area contributed by atoms with Gasteiger partial charge in [0, 0.05) is 25.2 Å². The van der Waals surface area contributed by atoms with Crippen LogP contribution < -0.4 is 10.2 Å². The molecule has 3 heteroatoms. The quantitative estimate of drug-likeness (QED) is 0.835. The first-order chi connectivity index (χ1) is 9.46. The molecule has 1 N–H and O–H groups in total. The minimum atomic E-state index is 0.251. The minimum absolute atomic E-state index is 0.251. The molecule has 3 nitrogen and oxygen atoms in total. The van der Waals surface area contributed by atoms with Crippen molar-refractivity contribution in [3.8, 4) is 0 Å². The van der Waals surface area contributed by atoms with E-state index in [9.17, 15) is 4.79 Å². The molecule has 0 aromatic heterocycles. The zero-order valence-electron chi connectivity index (χ0n) is 12.9. The molecule has 1 heterocycles. The monoisotopic (exact) mass is 274 g/mol. The first-order valence-corrected chi connectivity index (χ1v) is 7.56. The molecule has 1 aliphatic rings. The van der Waals surface area contributed by atoms with Gasteiger partial charge in [-0.1, -0.05) is 32.9 Å². The Hall–Kier alpha value is -1.35. The molecular weight excluding hydrogens is 248 g/mol. The van der Waals surface area contributed by atoms with Gasteiger partial charge in [-0.25, -0.2) is 0 Å². The van der Waals surface area contributed by atoms with Crippen LogP contribution in [0.15, 0.2) is 24.3 Å². The van der Waals surface area contributed by atoms with Gasteiger partial charge in [-0.15, -0.1) is 0 Å². The van der Waals surface area contributed by atoms with Gasteiger partial charge in [0.05, 0.1) is 0 Å². The Morgan fingerprint density at radius 3 is 2.45 bits per heavy atom. The van der Waals surface area contributed by atoms with Gasteiger partial charge >= 0.3 is 0 Å². The van der Waals surface area contributed by atoms with Crippen molar-refractivity contribution in [3.05, 3.63) is 29.8 Å². The third kappa shape index (κ3) is 4.34. The third-order valence-electron chi connectivity index (χ3n) is 3.70. The normalized spacial score (nSPS) is 15.9. The summed E-state index contributed by atoms with van der Waals surface area (Å²) in [6.07, 6.45) is 2.85. The summed E-state index contributed by atoms with van der Waals surface area (Å²) in [6.45, 7) is 9.58. The Morgan fingerprint density at radius 1 is 1.20 bits per heavy atom. The van der Waals surface area contributed by atoms with Gasteiger partial charge in [-0.05, 0) is 42.5 Å². The van der Waals surface area contributed by atoms with E-state index in [0.717, 1.165) is 31.7 Å². The van der Waals surface area contributed by atoms with E-state index < -0.39 is 0 Å². The summed E-state index contributed by atoms with van der Waals surface area (Å²) in [5, 5.41) is 3.48. The molecule has 20 heavy (non-hydrogen) atoms. The molecule has 0 atom stereocenters. The smallest absolute Gasteiger partial charge is 0.227 e. The van der Waals surface area contributed by atoms with Crippen LogP contribution in [0.1, 0.15) is 45.6 Å². The molecule has 0 aliphatic carbocycles. The Kier molecular flexibility index (Phi) is 4.81. The average Bonchev–Trinajstić information content (AvgIpc) is 2.81. The largest absolute Gasteiger partial charge is 0.313 e. The second-order valence-corrected chi connectivity index (χ2v) is 6.80. The molecule has 0 bridgehead atoms. The minimum Gasteiger partial charge on any atom is -0.313 e. The van der Waals surface area contributed by atoms with Gasteiger partial charge in [0.1, 0.15) is 0 Å². The summed E-state index contributed by atoms with van der Waals surface area (Å²) in [6, 6.07) is 8.35. The van der Waals surface area contributed by atoms with Crippen LogP contribution in [0.4, 0.5) is 5.69 Å². The topological polar surface area (TPSA) is 32.3 Å². The Labute approximate surface area is 122 Å². The van der Waals surface area contributed by atoms with Crippen LogP contribution in [-0.2, 0) is 11.3 Å². The summed E-state index contributed by atoms with van der Waals surface area (Å²) in [5.74, 6) is 0.251. The first-order valence-electron chi connectivity index (χ1n) is 7.56. The zero-order valence-corrected chi connectivity index (χ0v) is 12.9. The van der Waals surface area contributed by atoms with Gasteiger partial charge in [0.2, 0.25) is 5.91 Å². The molecule has 1 amide bonds. The van der Waals surface area contributed by atoms with Gasteiger partial charge in [-0.2, -0.15) is 0 Å². The van der Waals surface area contributed by atoms with Crippen LogP contribution in [0.3, 0.4) is 0 Å². The number of carbonyl (C=O) groups excluding carboxylic acids is 1. The molecule has 0 radical (unpaired) electrons. The van der Waals surface area contributed by atoms with Gasteiger partial charge in [0.25, 0.3) is 0 Å². The molecule has 1 aliphatic heterocycles. The Bertz CT molecular complexity index is 445. The number of nitrogens with one attached hydrogen (secondary N) is 1. The van der Waals surface area contributed by atoms with Crippen LogP contribution in [0.5, 0.6) is 0 Å². The number of hydrogen-bond acceptors (Lipinski definition) is 2. The van der Waals surface area contributed by atoms with Crippen molar-refractivity contribution in [1.29, 1.82) is 0 Å². The molecule has 0 spiro atoms. The third-order valence-corrected chi connectivity index (χ3v) is 3.70. The SMILES string of the molecule is CC(C)(C)CCNCc1ccc(N2CCCC2=O)cc1. The second-order valence-electron chi connectivity index (χ2n) is 6.80. The van der Waals surface area contributed by atoms with Crippen molar-refractivity contribution < 1.29 is 4.79 Å². The number of amides is 1. The lowest BCUT2D eigenvalue weighted by molar-refractivity contribution is -0.117. The van der Waals surface area contributed by atoms with Gasteiger partial charge in [-0.3, -0.25) is 4.79 Å². The van der Waals surface area contributed by atoms with Crippen LogP contribution in [-0.4, -0.2) is 19.0 Å². The zero-order chi connectivity index (χ0) is 14.6. The van der Waals surface area contributed by atoms with Crippen molar-refractivity contribution in [2.45, 2.75) is 46.6 Å². The standard InChI is InChI=1S/C17H26N2O/c1-17(2,3)10-11-18-13-14-6-8-15(9-7-14)19-12-4-5-16(19)20/h6-9,18H,4-5,10-13H2,1-3H3. The number of benzene rings is 1. The molecule has 1 fully saturated rings. The lowest BCUT2D eigenvalue weighted by Crippen LogP contribution is -2.23. The maximum absolute atomic E-state index is 11.7. The number of nitrogens with zero attached hydrogens (tertiary/aromatic N) is 1.